The summed E-state index contributed by atoms with van der Waals surface area (Å²) < 4.78 is 39.8. The lowest BCUT2D eigenvalue weighted by Gasteiger charge is -2.11. The van der Waals surface area contributed by atoms with Crippen molar-refractivity contribution in [1.82, 2.24) is 0 Å². The Morgan fingerprint density at radius 1 is 1.44 bits per heavy atom. The zero-order valence-corrected chi connectivity index (χ0v) is 9.50. The number of rotatable bonds is 2. The molecule has 0 saturated heterocycles. The minimum Gasteiger partial charge on any atom is -0.406 e. The zero-order chi connectivity index (χ0) is 12.3. The summed E-state index contributed by atoms with van der Waals surface area (Å²) in [6.45, 7) is 1.51. The first kappa shape index (κ1) is 12.7. The van der Waals surface area contributed by atoms with E-state index in [1.165, 1.54) is 6.92 Å². The van der Waals surface area contributed by atoms with Crippen molar-refractivity contribution in [3.63, 3.8) is 0 Å². The summed E-state index contributed by atoms with van der Waals surface area (Å²) in [7, 11) is 0. The minimum atomic E-state index is -4.74. The number of alkyl halides is 3. The molecule has 0 radical (unpaired) electrons. The number of aryl methyl sites for hydroxylation is 1. The van der Waals surface area contributed by atoms with Gasteiger partial charge in [-0.3, -0.25) is 0 Å². The molecule has 0 aromatic heterocycles. The van der Waals surface area contributed by atoms with Crippen molar-refractivity contribution in [2.75, 3.05) is 0 Å². The Morgan fingerprint density at radius 3 is 2.50 bits per heavy atom. The maximum absolute atomic E-state index is 11.9. The quantitative estimate of drug-likeness (QED) is 0.447. The van der Waals surface area contributed by atoms with E-state index >= 15 is 0 Å². The number of hydrogen-bond acceptors (Lipinski definition) is 2. The smallest absolute Gasteiger partial charge is 0.406 e. The highest BCUT2D eigenvalue weighted by atomic mass is 79.9. The van der Waals surface area contributed by atoms with Crippen molar-refractivity contribution in [2.24, 2.45) is 5.11 Å². The van der Waals surface area contributed by atoms with Gasteiger partial charge in [0.15, 0.2) is 0 Å². The monoisotopic (exact) mass is 295 g/mol. The van der Waals surface area contributed by atoms with Gasteiger partial charge in [-0.2, -0.15) is 0 Å². The topological polar surface area (TPSA) is 58.0 Å². The van der Waals surface area contributed by atoms with E-state index in [0.29, 0.717) is 5.56 Å². The summed E-state index contributed by atoms with van der Waals surface area (Å²) in [5, 5.41) is 3.34. The van der Waals surface area contributed by atoms with Gasteiger partial charge in [0.25, 0.3) is 0 Å². The van der Waals surface area contributed by atoms with Crippen molar-refractivity contribution in [1.29, 1.82) is 0 Å². The summed E-state index contributed by atoms with van der Waals surface area (Å²) in [5.74, 6) is -0.367. The first-order valence-corrected chi connectivity index (χ1v) is 4.74. The molecule has 0 saturated carbocycles. The summed E-state index contributed by atoms with van der Waals surface area (Å²) in [6.07, 6.45) is -4.74. The van der Waals surface area contributed by atoms with Gasteiger partial charge in [0.05, 0.1) is 5.69 Å². The van der Waals surface area contributed by atoms with Crippen LogP contribution in [0.3, 0.4) is 0 Å². The zero-order valence-electron chi connectivity index (χ0n) is 7.92. The lowest BCUT2D eigenvalue weighted by atomic mass is 10.2. The van der Waals surface area contributed by atoms with E-state index in [2.05, 4.69) is 30.7 Å². The maximum Gasteiger partial charge on any atom is 0.573 e. The Balaban J connectivity index is 3.14. The van der Waals surface area contributed by atoms with Crippen LogP contribution in [0.4, 0.5) is 18.9 Å². The predicted molar refractivity (Wildman–Crippen MR) is 54.4 cm³/mol. The second kappa shape index (κ2) is 4.63. The number of nitrogens with zero attached hydrogens (tertiary/aromatic N) is 3. The summed E-state index contributed by atoms with van der Waals surface area (Å²) >= 11 is 2.99. The van der Waals surface area contributed by atoms with Crippen molar-refractivity contribution < 1.29 is 17.9 Å². The van der Waals surface area contributed by atoms with E-state index in [1.807, 2.05) is 0 Å². The molecule has 0 aliphatic rings. The average molecular weight is 296 g/mol. The van der Waals surface area contributed by atoms with E-state index in [-0.39, 0.29) is 15.9 Å². The second-order valence-corrected chi connectivity index (χ2v) is 3.66. The molecule has 8 heteroatoms. The third-order valence-electron chi connectivity index (χ3n) is 1.61. The van der Waals surface area contributed by atoms with Crippen molar-refractivity contribution in [2.45, 2.75) is 13.3 Å². The fourth-order valence-corrected chi connectivity index (χ4v) is 1.69. The maximum atomic E-state index is 11.9. The number of ether oxygens (including phenoxy) is 1. The van der Waals surface area contributed by atoms with Gasteiger partial charge in [-0.1, -0.05) is 21.0 Å². The van der Waals surface area contributed by atoms with Crippen LogP contribution in [0.1, 0.15) is 5.56 Å². The van der Waals surface area contributed by atoms with E-state index in [0.717, 1.165) is 12.1 Å². The van der Waals surface area contributed by atoms with E-state index in [4.69, 9.17) is 5.53 Å². The fraction of sp³-hybridized carbons (Fsp3) is 0.250. The SMILES string of the molecule is Cc1cc(OC(F)(F)F)cc(Br)c1N=[N+]=[N-]. The van der Waals surface area contributed by atoms with Crippen LogP contribution >= 0.6 is 15.9 Å². The molecular weight excluding hydrogens is 291 g/mol. The molecule has 1 aromatic rings. The molecule has 0 bridgehead atoms. The van der Waals surface area contributed by atoms with Gasteiger partial charge in [0.2, 0.25) is 0 Å². The fourth-order valence-electron chi connectivity index (χ4n) is 1.07. The van der Waals surface area contributed by atoms with Crippen LogP contribution in [-0.2, 0) is 0 Å². The average Bonchev–Trinajstić information content (AvgIpc) is 2.08. The van der Waals surface area contributed by atoms with Crippen molar-refractivity contribution in [3.8, 4) is 5.75 Å². The lowest BCUT2D eigenvalue weighted by molar-refractivity contribution is -0.274. The minimum absolute atomic E-state index is 0.233. The third kappa shape index (κ3) is 3.32. The molecule has 0 aliphatic carbocycles. The first-order valence-electron chi connectivity index (χ1n) is 3.94. The van der Waals surface area contributed by atoms with Crippen LogP contribution in [0.25, 0.3) is 10.4 Å². The molecular formula is C8H5BrF3N3O. The second-order valence-electron chi connectivity index (χ2n) is 2.81. The molecule has 1 rings (SSSR count). The van der Waals surface area contributed by atoms with Gasteiger partial charge in [0.1, 0.15) is 5.75 Å². The van der Waals surface area contributed by atoms with Gasteiger partial charge in [-0.25, -0.2) is 0 Å². The van der Waals surface area contributed by atoms with Crippen LogP contribution < -0.4 is 4.74 Å². The molecule has 16 heavy (non-hydrogen) atoms. The summed E-state index contributed by atoms with van der Waals surface area (Å²) in [6, 6.07) is 2.23. The van der Waals surface area contributed by atoms with Crippen LogP contribution in [0, 0.1) is 6.92 Å². The highest BCUT2D eigenvalue weighted by Crippen LogP contribution is 2.35. The number of hydrogen-bond donors (Lipinski definition) is 0. The van der Waals surface area contributed by atoms with Crippen LogP contribution in [0.2, 0.25) is 0 Å². The van der Waals surface area contributed by atoms with E-state index in [1.54, 1.807) is 0 Å². The molecule has 0 fully saturated rings. The van der Waals surface area contributed by atoms with E-state index in [9.17, 15) is 13.2 Å². The number of azide groups is 1. The largest absolute Gasteiger partial charge is 0.573 e. The van der Waals surface area contributed by atoms with Gasteiger partial charge in [-0.05, 0) is 30.2 Å². The van der Waals surface area contributed by atoms with Gasteiger partial charge in [-0.15, -0.1) is 13.2 Å². The molecule has 86 valence electrons. The Hall–Kier alpha value is -1.40. The standard InChI is InChI=1S/C8H5BrF3N3O/c1-4-2-5(16-8(10,11)12)3-6(9)7(4)14-15-13/h2-3H,1H3. The van der Waals surface area contributed by atoms with Crippen molar-refractivity contribution in [3.05, 3.63) is 32.6 Å². The van der Waals surface area contributed by atoms with Crippen molar-refractivity contribution >= 4 is 21.6 Å². The number of halogens is 4. The van der Waals surface area contributed by atoms with E-state index < -0.39 is 6.36 Å². The Morgan fingerprint density at radius 2 is 2.06 bits per heavy atom. The van der Waals surface area contributed by atoms with Crippen LogP contribution in [-0.4, -0.2) is 6.36 Å². The van der Waals surface area contributed by atoms with Gasteiger partial charge >= 0.3 is 6.36 Å². The Labute approximate surface area is 96.8 Å². The molecule has 0 atom stereocenters. The first-order chi connectivity index (χ1) is 7.33. The lowest BCUT2D eigenvalue weighted by Crippen LogP contribution is -2.17. The van der Waals surface area contributed by atoms with Crippen LogP contribution in [0.5, 0.6) is 5.75 Å². The van der Waals surface area contributed by atoms with Crippen LogP contribution in [0.15, 0.2) is 21.7 Å². The predicted octanol–water partition coefficient (Wildman–Crippen LogP) is 4.60. The normalized spacial score (nSPS) is 10.8. The summed E-state index contributed by atoms with van der Waals surface area (Å²) in [5.41, 5.74) is 8.86. The molecule has 0 unspecified atom stereocenters. The molecule has 1 aromatic carbocycles. The van der Waals surface area contributed by atoms with Gasteiger partial charge in [0, 0.05) is 9.38 Å². The highest BCUT2D eigenvalue weighted by Gasteiger charge is 2.31. The van der Waals surface area contributed by atoms with Gasteiger partial charge < -0.3 is 4.74 Å². The molecule has 4 nitrogen and oxygen atoms in total. The Bertz CT molecular complexity index is 431. The number of benzene rings is 1. The molecule has 0 N–H and O–H groups in total. The highest BCUT2D eigenvalue weighted by molar-refractivity contribution is 9.10. The third-order valence-corrected chi connectivity index (χ3v) is 2.21. The molecule has 0 spiro atoms. The molecule has 0 heterocycles. The molecule has 0 amide bonds. The molecule has 0 aliphatic heterocycles. The summed E-state index contributed by atoms with van der Waals surface area (Å²) in [4.78, 5) is 2.56. The Kier molecular flexibility index (Phi) is 3.66.